The first-order chi connectivity index (χ1) is 11.6. The second-order valence-electron chi connectivity index (χ2n) is 5.52. The highest BCUT2D eigenvalue weighted by molar-refractivity contribution is 6.31. The maximum Gasteiger partial charge on any atom is 0.336 e. The third kappa shape index (κ3) is 2.30. The molecule has 1 N–H and O–H groups in total. The number of halogens is 1. The zero-order chi connectivity index (χ0) is 16.7. The molecule has 0 aliphatic carbocycles. The van der Waals surface area contributed by atoms with Crippen LogP contribution in [0.25, 0.3) is 32.9 Å². The van der Waals surface area contributed by atoms with E-state index in [4.69, 9.17) is 11.6 Å². The Morgan fingerprint density at radius 3 is 2.42 bits per heavy atom. The first-order valence-corrected chi connectivity index (χ1v) is 7.83. The molecule has 0 unspecified atom stereocenters. The van der Waals surface area contributed by atoms with Gasteiger partial charge in [0.1, 0.15) is 0 Å². The highest BCUT2D eigenvalue weighted by atomic mass is 35.5. The Hall–Kier alpha value is -2.91. The van der Waals surface area contributed by atoms with E-state index in [0.717, 1.165) is 27.4 Å². The van der Waals surface area contributed by atoms with E-state index in [1.54, 1.807) is 24.3 Å². The molecule has 116 valence electrons. The highest BCUT2D eigenvalue weighted by Gasteiger charge is 2.17. The van der Waals surface area contributed by atoms with Crippen LogP contribution in [-0.4, -0.2) is 16.1 Å². The first kappa shape index (κ1) is 14.7. The number of carbonyl (C=O) groups is 1. The van der Waals surface area contributed by atoms with Crippen molar-refractivity contribution in [2.24, 2.45) is 0 Å². The van der Waals surface area contributed by atoms with Gasteiger partial charge < -0.3 is 5.11 Å². The summed E-state index contributed by atoms with van der Waals surface area (Å²) in [6, 6.07) is 20.3. The molecule has 24 heavy (non-hydrogen) atoms. The van der Waals surface area contributed by atoms with Crippen LogP contribution >= 0.6 is 11.6 Å². The molecule has 0 spiro atoms. The van der Waals surface area contributed by atoms with E-state index in [2.05, 4.69) is 4.98 Å². The summed E-state index contributed by atoms with van der Waals surface area (Å²) in [5.74, 6) is -0.950. The van der Waals surface area contributed by atoms with Crippen molar-refractivity contribution in [1.82, 2.24) is 4.98 Å². The van der Waals surface area contributed by atoms with Gasteiger partial charge in [-0.2, -0.15) is 0 Å². The van der Waals surface area contributed by atoms with E-state index in [0.29, 0.717) is 10.6 Å². The SMILES string of the molecule is O=C(O)c1ccccc1-c1c2ccccc2nc2cc(Cl)ccc12. The van der Waals surface area contributed by atoms with Gasteiger partial charge in [0.2, 0.25) is 0 Å². The largest absolute Gasteiger partial charge is 0.478 e. The van der Waals surface area contributed by atoms with Crippen LogP contribution in [0.3, 0.4) is 0 Å². The molecule has 0 saturated heterocycles. The minimum atomic E-state index is -0.950. The molecule has 4 aromatic rings. The van der Waals surface area contributed by atoms with Crippen molar-refractivity contribution in [1.29, 1.82) is 0 Å². The molecule has 4 heteroatoms. The topological polar surface area (TPSA) is 50.2 Å². The summed E-state index contributed by atoms with van der Waals surface area (Å²) >= 11 is 6.12. The lowest BCUT2D eigenvalue weighted by Gasteiger charge is -2.13. The lowest BCUT2D eigenvalue weighted by molar-refractivity contribution is 0.0698. The molecular weight excluding hydrogens is 322 g/mol. The fraction of sp³-hybridized carbons (Fsp3) is 0. The Bertz CT molecular complexity index is 1110. The van der Waals surface area contributed by atoms with Crippen LogP contribution in [0.5, 0.6) is 0 Å². The van der Waals surface area contributed by atoms with Gasteiger partial charge in [-0.3, -0.25) is 0 Å². The van der Waals surface area contributed by atoms with Crippen LogP contribution < -0.4 is 0 Å². The standard InChI is InChI=1S/C20H12ClNO2/c21-12-9-10-16-18(11-12)22-17-8-4-3-7-15(17)19(16)13-5-1-2-6-14(13)20(23)24/h1-11H,(H,23,24). The van der Waals surface area contributed by atoms with E-state index in [1.165, 1.54) is 0 Å². The van der Waals surface area contributed by atoms with Gasteiger partial charge in [0, 0.05) is 21.4 Å². The first-order valence-electron chi connectivity index (χ1n) is 7.46. The molecular formula is C20H12ClNO2. The fourth-order valence-corrected chi connectivity index (χ4v) is 3.21. The van der Waals surface area contributed by atoms with Crippen molar-refractivity contribution in [3.05, 3.63) is 77.3 Å². The number of aromatic carboxylic acids is 1. The summed E-state index contributed by atoms with van der Waals surface area (Å²) in [6.45, 7) is 0. The number of rotatable bonds is 2. The highest BCUT2D eigenvalue weighted by Crippen LogP contribution is 2.37. The predicted octanol–water partition coefficient (Wildman–Crippen LogP) is 5.41. The van der Waals surface area contributed by atoms with E-state index >= 15 is 0 Å². The Balaban J connectivity index is 2.22. The second-order valence-corrected chi connectivity index (χ2v) is 5.95. The van der Waals surface area contributed by atoms with Crippen LogP contribution in [0.4, 0.5) is 0 Å². The van der Waals surface area contributed by atoms with E-state index in [9.17, 15) is 9.90 Å². The van der Waals surface area contributed by atoms with Crippen molar-refractivity contribution in [2.75, 3.05) is 0 Å². The average molecular weight is 334 g/mol. The number of hydrogen-bond acceptors (Lipinski definition) is 2. The zero-order valence-electron chi connectivity index (χ0n) is 12.5. The van der Waals surface area contributed by atoms with Gasteiger partial charge in [-0.1, -0.05) is 54.1 Å². The number of fused-ring (bicyclic) bond motifs is 2. The van der Waals surface area contributed by atoms with Gasteiger partial charge in [0.05, 0.1) is 16.6 Å². The second kappa shape index (κ2) is 5.62. The molecule has 0 aliphatic rings. The predicted molar refractivity (Wildman–Crippen MR) is 96.7 cm³/mol. The quantitative estimate of drug-likeness (QED) is 0.499. The maximum absolute atomic E-state index is 11.7. The number of para-hydroxylation sites is 1. The monoisotopic (exact) mass is 333 g/mol. The molecule has 0 amide bonds. The van der Waals surface area contributed by atoms with Crippen molar-refractivity contribution in [3.63, 3.8) is 0 Å². The summed E-state index contributed by atoms with van der Waals surface area (Å²) in [4.78, 5) is 16.4. The summed E-state index contributed by atoms with van der Waals surface area (Å²) in [6.07, 6.45) is 0. The Morgan fingerprint density at radius 2 is 1.58 bits per heavy atom. The third-order valence-electron chi connectivity index (χ3n) is 4.07. The third-order valence-corrected chi connectivity index (χ3v) is 4.31. The number of benzene rings is 3. The minimum Gasteiger partial charge on any atom is -0.478 e. The molecule has 0 radical (unpaired) electrons. The van der Waals surface area contributed by atoms with Gasteiger partial charge in [0.15, 0.2) is 0 Å². The molecule has 1 aromatic heterocycles. The van der Waals surface area contributed by atoms with Gasteiger partial charge in [0.25, 0.3) is 0 Å². The molecule has 0 bridgehead atoms. The summed E-state index contributed by atoms with van der Waals surface area (Å²) in [5.41, 5.74) is 3.37. The zero-order valence-corrected chi connectivity index (χ0v) is 13.3. The summed E-state index contributed by atoms with van der Waals surface area (Å²) < 4.78 is 0. The van der Waals surface area contributed by atoms with Crippen LogP contribution in [0.1, 0.15) is 10.4 Å². The maximum atomic E-state index is 11.7. The van der Waals surface area contributed by atoms with E-state index in [-0.39, 0.29) is 5.56 Å². The molecule has 3 aromatic carbocycles. The molecule has 0 aliphatic heterocycles. The number of aromatic nitrogens is 1. The van der Waals surface area contributed by atoms with E-state index in [1.807, 2.05) is 42.5 Å². The Kier molecular flexibility index (Phi) is 3.44. The van der Waals surface area contributed by atoms with Gasteiger partial charge in [-0.25, -0.2) is 9.78 Å². The van der Waals surface area contributed by atoms with Crippen LogP contribution in [0.2, 0.25) is 5.02 Å². The van der Waals surface area contributed by atoms with Crippen LogP contribution in [0, 0.1) is 0 Å². The van der Waals surface area contributed by atoms with Gasteiger partial charge in [-0.15, -0.1) is 0 Å². The molecule has 0 fully saturated rings. The summed E-state index contributed by atoms with van der Waals surface area (Å²) in [7, 11) is 0. The van der Waals surface area contributed by atoms with Crippen molar-refractivity contribution >= 4 is 39.4 Å². The smallest absolute Gasteiger partial charge is 0.336 e. The lowest BCUT2D eigenvalue weighted by atomic mass is 9.93. The molecule has 4 rings (SSSR count). The number of carboxylic acid groups (broad SMARTS) is 1. The van der Waals surface area contributed by atoms with Crippen molar-refractivity contribution in [2.45, 2.75) is 0 Å². The summed E-state index contributed by atoms with van der Waals surface area (Å²) in [5, 5.41) is 12.0. The molecule has 3 nitrogen and oxygen atoms in total. The minimum absolute atomic E-state index is 0.269. The number of carboxylic acids is 1. The number of hydrogen-bond donors (Lipinski definition) is 1. The van der Waals surface area contributed by atoms with Gasteiger partial charge in [-0.05, 0) is 29.8 Å². The molecule has 0 saturated carbocycles. The van der Waals surface area contributed by atoms with Crippen molar-refractivity contribution in [3.8, 4) is 11.1 Å². The van der Waals surface area contributed by atoms with Crippen LogP contribution in [0.15, 0.2) is 66.7 Å². The van der Waals surface area contributed by atoms with E-state index < -0.39 is 5.97 Å². The Labute approximate surface area is 143 Å². The molecule has 1 heterocycles. The Morgan fingerprint density at radius 1 is 0.875 bits per heavy atom. The van der Waals surface area contributed by atoms with Gasteiger partial charge >= 0.3 is 5.97 Å². The van der Waals surface area contributed by atoms with Crippen LogP contribution in [-0.2, 0) is 0 Å². The van der Waals surface area contributed by atoms with Crippen molar-refractivity contribution < 1.29 is 9.90 Å². The number of pyridine rings is 1. The fourth-order valence-electron chi connectivity index (χ4n) is 3.04. The number of nitrogens with zero attached hydrogens (tertiary/aromatic N) is 1. The molecule has 0 atom stereocenters. The normalized spacial score (nSPS) is 11.0. The average Bonchev–Trinajstić information content (AvgIpc) is 2.59. The lowest BCUT2D eigenvalue weighted by Crippen LogP contribution is -2.00.